The first kappa shape index (κ1) is 12.9. The number of nitrogens with one attached hydrogen (secondary N) is 2. The molecule has 1 heterocycles. The number of piperidine rings is 1. The molecule has 94 valence electrons. The zero-order valence-electron chi connectivity index (χ0n) is 10.1. The zero-order chi connectivity index (χ0) is 10.8. The molecule has 1 aliphatic carbocycles. The summed E-state index contributed by atoms with van der Waals surface area (Å²) in [4.78, 5) is 0. The second-order valence-electron chi connectivity index (χ2n) is 5.05. The predicted octanol–water partition coefficient (Wildman–Crippen LogP) is 2.31. The summed E-state index contributed by atoms with van der Waals surface area (Å²) in [6, 6.07) is 12.4. The van der Waals surface area contributed by atoms with Crippen molar-refractivity contribution in [3.63, 3.8) is 0 Å². The number of hydrogen-bond acceptors (Lipinski definition) is 2. The van der Waals surface area contributed by atoms with Crippen LogP contribution in [0.5, 0.6) is 0 Å². The second-order valence-corrected chi connectivity index (χ2v) is 5.05. The maximum absolute atomic E-state index is 3.80. The molecule has 1 saturated heterocycles. The fraction of sp³-hybridized carbons (Fsp3) is 0.571. The first-order valence-electron chi connectivity index (χ1n) is 6.45. The lowest BCUT2D eigenvalue weighted by molar-refractivity contribution is 0.383. The van der Waals surface area contributed by atoms with Crippen molar-refractivity contribution in [3.05, 3.63) is 35.9 Å². The van der Waals surface area contributed by atoms with E-state index in [1.54, 1.807) is 0 Å². The standard InChI is InChI=1S/C14H20N2.ClH/c1-2-4-11(5-3-1)13-10-14(13)16-12-6-8-15-9-7-12;/h1-5,12-16H,6-10H2;1H. The topological polar surface area (TPSA) is 24.1 Å². The summed E-state index contributed by atoms with van der Waals surface area (Å²) < 4.78 is 0. The van der Waals surface area contributed by atoms with Crippen LogP contribution in [0, 0.1) is 0 Å². The molecule has 1 aromatic carbocycles. The van der Waals surface area contributed by atoms with E-state index in [0.29, 0.717) is 0 Å². The molecule has 0 amide bonds. The molecule has 0 spiro atoms. The number of halogens is 1. The molecule has 2 atom stereocenters. The normalized spacial score (nSPS) is 28.5. The van der Waals surface area contributed by atoms with Gasteiger partial charge in [-0.05, 0) is 37.9 Å². The molecule has 3 rings (SSSR count). The van der Waals surface area contributed by atoms with Gasteiger partial charge in [-0.3, -0.25) is 0 Å². The van der Waals surface area contributed by atoms with Crippen LogP contribution in [0.15, 0.2) is 30.3 Å². The van der Waals surface area contributed by atoms with Gasteiger partial charge in [-0.1, -0.05) is 30.3 Å². The van der Waals surface area contributed by atoms with Gasteiger partial charge >= 0.3 is 0 Å². The summed E-state index contributed by atoms with van der Waals surface area (Å²) in [5.74, 6) is 0.774. The molecule has 2 nitrogen and oxygen atoms in total. The Morgan fingerprint density at radius 3 is 2.47 bits per heavy atom. The first-order valence-corrected chi connectivity index (χ1v) is 6.45. The van der Waals surface area contributed by atoms with E-state index in [2.05, 4.69) is 41.0 Å². The largest absolute Gasteiger partial charge is 0.317 e. The van der Waals surface area contributed by atoms with Crippen molar-refractivity contribution in [2.45, 2.75) is 37.3 Å². The smallest absolute Gasteiger partial charge is 0.0145 e. The summed E-state index contributed by atoms with van der Waals surface area (Å²) in [5, 5.41) is 7.21. The average molecular weight is 253 g/mol. The predicted molar refractivity (Wildman–Crippen MR) is 73.9 cm³/mol. The Kier molecular flexibility index (Phi) is 4.43. The lowest BCUT2D eigenvalue weighted by Crippen LogP contribution is -2.41. The third-order valence-electron chi connectivity index (χ3n) is 3.81. The van der Waals surface area contributed by atoms with Gasteiger partial charge in [0.05, 0.1) is 0 Å². The van der Waals surface area contributed by atoms with Crippen molar-refractivity contribution in [1.82, 2.24) is 10.6 Å². The van der Waals surface area contributed by atoms with Gasteiger partial charge in [-0.2, -0.15) is 0 Å². The molecule has 2 N–H and O–H groups in total. The van der Waals surface area contributed by atoms with Gasteiger partial charge in [0, 0.05) is 18.0 Å². The Balaban J connectivity index is 0.00000108. The zero-order valence-corrected chi connectivity index (χ0v) is 10.9. The third-order valence-corrected chi connectivity index (χ3v) is 3.81. The number of benzene rings is 1. The highest BCUT2D eigenvalue weighted by Gasteiger charge is 2.39. The van der Waals surface area contributed by atoms with Crippen molar-refractivity contribution in [2.75, 3.05) is 13.1 Å². The van der Waals surface area contributed by atoms with E-state index in [0.717, 1.165) is 18.0 Å². The monoisotopic (exact) mass is 252 g/mol. The van der Waals surface area contributed by atoms with E-state index in [1.165, 1.54) is 37.9 Å². The quantitative estimate of drug-likeness (QED) is 0.863. The highest BCUT2D eigenvalue weighted by atomic mass is 35.5. The minimum atomic E-state index is 0. The summed E-state index contributed by atoms with van der Waals surface area (Å²) in [6.45, 7) is 2.36. The second kappa shape index (κ2) is 5.85. The number of rotatable bonds is 3. The van der Waals surface area contributed by atoms with Gasteiger partial charge in [0.25, 0.3) is 0 Å². The van der Waals surface area contributed by atoms with Crippen LogP contribution < -0.4 is 10.6 Å². The van der Waals surface area contributed by atoms with Gasteiger partial charge in [-0.15, -0.1) is 12.4 Å². The van der Waals surface area contributed by atoms with Crippen molar-refractivity contribution in [2.24, 2.45) is 0 Å². The maximum atomic E-state index is 3.80. The Labute approximate surface area is 110 Å². The molecular weight excluding hydrogens is 232 g/mol. The maximum Gasteiger partial charge on any atom is 0.0145 e. The summed E-state index contributed by atoms with van der Waals surface area (Å²) in [7, 11) is 0. The minimum absolute atomic E-state index is 0. The van der Waals surface area contributed by atoms with E-state index in [9.17, 15) is 0 Å². The van der Waals surface area contributed by atoms with Gasteiger partial charge in [0.2, 0.25) is 0 Å². The molecular formula is C14H21ClN2. The molecule has 2 unspecified atom stereocenters. The molecule has 2 fully saturated rings. The van der Waals surface area contributed by atoms with Crippen LogP contribution in [0.1, 0.15) is 30.7 Å². The van der Waals surface area contributed by atoms with Crippen LogP contribution in [-0.4, -0.2) is 25.2 Å². The molecule has 1 saturated carbocycles. The molecule has 0 bridgehead atoms. The van der Waals surface area contributed by atoms with Gasteiger partial charge in [0.15, 0.2) is 0 Å². The van der Waals surface area contributed by atoms with Crippen molar-refractivity contribution in [1.29, 1.82) is 0 Å². The van der Waals surface area contributed by atoms with Crippen LogP contribution in [-0.2, 0) is 0 Å². The Hall–Kier alpha value is -0.570. The van der Waals surface area contributed by atoms with E-state index < -0.39 is 0 Å². The Morgan fingerprint density at radius 2 is 1.76 bits per heavy atom. The summed E-state index contributed by atoms with van der Waals surface area (Å²) in [6.07, 6.45) is 3.91. The van der Waals surface area contributed by atoms with Crippen LogP contribution in [0.25, 0.3) is 0 Å². The third kappa shape index (κ3) is 3.21. The Morgan fingerprint density at radius 1 is 1.06 bits per heavy atom. The fourth-order valence-electron chi connectivity index (χ4n) is 2.74. The van der Waals surface area contributed by atoms with Gasteiger partial charge in [0.1, 0.15) is 0 Å². The molecule has 2 aliphatic rings. The SMILES string of the molecule is Cl.c1ccc(C2CC2NC2CCNCC2)cc1. The van der Waals surface area contributed by atoms with Crippen LogP contribution in [0.3, 0.4) is 0 Å². The fourth-order valence-corrected chi connectivity index (χ4v) is 2.74. The summed E-state index contributed by atoms with van der Waals surface area (Å²) in [5.41, 5.74) is 1.51. The lowest BCUT2D eigenvalue weighted by Gasteiger charge is -2.24. The van der Waals surface area contributed by atoms with E-state index in [4.69, 9.17) is 0 Å². The molecule has 0 radical (unpaired) electrons. The average Bonchev–Trinajstić information content (AvgIpc) is 3.11. The van der Waals surface area contributed by atoms with Crippen molar-refractivity contribution >= 4 is 12.4 Å². The van der Waals surface area contributed by atoms with Gasteiger partial charge in [-0.25, -0.2) is 0 Å². The van der Waals surface area contributed by atoms with Crippen LogP contribution in [0.4, 0.5) is 0 Å². The molecule has 3 heteroatoms. The van der Waals surface area contributed by atoms with Crippen molar-refractivity contribution < 1.29 is 0 Å². The highest BCUT2D eigenvalue weighted by Crippen LogP contribution is 2.41. The number of hydrogen-bond donors (Lipinski definition) is 2. The van der Waals surface area contributed by atoms with E-state index in [1.807, 2.05) is 0 Å². The summed E-state index contributed by atoms with van der Waals surface area (Å²) >= 11 is 0. The Bertz CT molecular complexity index is 335. The van der Waals surface area contributed by atoms with Crippen LogP contribution >= 0.6 is 12.4 Å². The highest BCUT2D eigenvalue weighted by molar-refractivity contribution is 5.85. The minimum Gasteiger partial charge on any atom is -0.317 e. The van der Waals surface area contributed by atoms with Crippen LogP contribution in [0.2, 0.25) is 0 Å². The molecule has 1 aromatic rings. The molecule has 0 aromatic heterocycles. The van der Waals surface area contributed by atoms with E-state index in [-0.39, 0.29) is 12.4 Å². The van der Waals surface area contributed by atoms with E-state index >= 15 is 0 Å². The van der Waals surface area contributed by atoms with Crippen molar-refractivity contribution in [3.8, 4) is 0 Å². The molecule has 1 aliphatic heterocycles. The first-order chi connectivity index (χ1) is 7.93. The van der Waals surface area contributed by atoms with Gasteiger partial charge < -0.3 is 10.6 Å². The lowest BCUT2D eigenvalue weighted by atomic mass is 10.1. The molecule has 17 heavy (non-hydrogen) atoms.